The molecule has 37 heavy (non-hydrogen) atoms. The number of fused-ring (bicyclic) bond motifs is 4. The van der Waals surface area contributed by atoms with Gasteiger partial charge in [0.05, 0.1) is 12.2 Å². The summed E-state index contributed by atoms with van der Waals surface area (Å²) in [6.07, 6.45) is 0. The number of thiophene rings is 1. The van der Waals surface area contributed by atoms with Crippen LogP contribution in [0.5, 0.6) is 0 Å². The zero-order valence-electron chi connectivity index (χ0n) is 20.9. The van der Waals surface area contributed by atoms with Gasteiger partial charge in [0.1, 0.15) is 5.84 Å². The van der Waals surface area contributed by atoms with Gasteiger partial charge in [-0.05, 0) is 72.0 Å². The molecule has 2 nitrogen and oxygen atoms in total. The van der Waals surface area contributed by atoms with Gasteiger partial charge in [0.2, 0.25) is 0 Å². The summed E-state index contributed by atoms with van der Waals surface area (Å²) in [7, 11) is 0. The summed E-state index contributed by atoms with van der Waals surface area (Å²) in [5.74, 6) is 1.01. The SMILES string of the molecule is Cc1cc(C)c(-c2cccc3c2sc2ccccc23)cc1C1=NCc2ccccc2N1c1ccccc1. The van der Waals surface area contributed by atoms with Crippen LogP contribution in [0.2, 0.25) is 0 Å². The number of amidine groups is 1. The fraction of sp³-hybridized carbons (Fsp3) is 0.0882. The minimum atomic E-state index is 0.684. The van der Waals surface area contributed by atoms with Crippen LogP contribution in [-0.4, -0.2) is 5.84 Å². The monoisotopic (exact) mass is 494 g/mol. The highest BCUT2D eigenvalue weighted by molar-refractivity contribution is 7.26. The Balaban J connectivity index is 1.44. The molecule has 0 saturated heterocycles. The lowest BCUT2D eigenvalue weighted by Gasteiger charge is -2.32. The van der Waals surface area contributed by atoms with E-state index in [1.54, 1.807) is 0 Å². The third-order valence-electron chi connectivity index (χ3n) is 7.36. The van der Waals surface area contributed by atoms with Crippen LogP contribution in [0.25, 0.3) is 31.3 Å². The predicted molar refractivity (Wildman–Crippen MR) is 160 cm³/mol. The summed E-state index contributed by atoms with van der Waals surface area (Å²) in [6, 6.07) is 39.3. The van der Waals surface area contributed by atoms with Gasteiger partial charge in [-0.15, -0.1) is 11.3 Å². The largest absolute Gasteiger partial charge is 0.294 e. The number of nitrogens with zero attached hydrogens (tertiary/aromatic N) is 2. The third kappa shape index (κ3) is 3.58. The first-order valence-corrected chi connectivity index (χ1v) is 13.5. The topological polar surface area (TPSA) is 15.6 Å². The highest BCUT2D eigenvalue weighted by Gasteiger charge is 2.26. The van der Waals surface area contributed by atoms with Crippen LogP contribution >= 0.6 is 11.3 Å². The molecule has 0 N–H and O–H groups in total. The Hall–Kier alpha value is -4.21. The van der Waals surface area contributed by atoms with Gasteiger partial charge in [-0.25, -0.2) is 0 Å². The Kier molecular flexibility index (Phi) is 5.19. The predicted octanol–water partition coefficient (Wildman–Crippen LogP) is 9.44. The summed E-state index contributed by atoms with van der Waals surface area (Å²) in [4.78, 5) is 7.49. The summed E-state index contributed by atoms with van der Waals surface area (Å²) < 4.78 is 2.68. The Morgan fingerprint density at radius 3 is 2.27 bits per heavy atom. The maximum atomic E-state index is 5.17. The quantitative estimate of drug-likeness (QED) is 0.239. The van der Waals surface area contributed by atoms with Crippen LogP contribution in [0.15, 0.2) is 114 Å². The number of aryl methyl sites for hydroxylation is 2. The molecular weight excluding hydrogens is 468 g/mol. The van der Waals surface area contributed by atoms with Crippen molar-refractivity contribution in [3.8, 4) is 11.1 Å². The second-order valence-electron chi connectivity index (χ2n) is 9.70. The number of para-hydroxylation sites is 2. The Morgan fingerprint density at radius 1 is 0.649 bits per heavy atom. The first-order valence-electron chi connectivity index (χ1n) is 12.7. The van der Waals surface area contributed by atoms with Crippen molar-refractivity contribution in [2.24, 2.45) is 4.99 Å². The summed E-state index contributed by atoms with van der Waals surface area (Å²) >= 11 is 1.88. The Labute approximate surface area is 221 Å². The van der Waals surface area contributed by atoms with E-state index in [0.717, 1.165) is 11.5 Å². The first-order chi connectivity index (χ1) is 18.2. The summed E-state index contributed by atoms with van der Waals surface area (Å²) in [5.41, 5.74) is 9.84. The van der Waals surface area contributed by atoms with E-state index in [9.17, 15) is 0 Å². The highest BCUT2D eigenvalue weighted by atomic mass is 32.1. The van der Waals surface area contributed by atoms with Gasteiger partial charge < -0.3 is 0 Å². The van der Waals surface area contributed by atoms with Gasteiger partial charge >= 0.3 is 0 Å². The fourth-order valence-electron chi connectivity index (χ4n) is 5.59. The van der Waals surface area contributed by atoms with Crippen LogP contribution in [0, 0.1) is 13.8 Å². The normalized spacial score (nSPS) is 13.1. The van der Waals surface area contributed by atoms with Gasteiger partial charge in [0.15, 0.2) is 0 Å². The second kappa shape index (κ2) is 8.72. The number of hydrogen-bond acceptors (Lipinski definition) is 3. The molecule has 0 spiro atoms. The van der Waals surface area contributed by atoms with E-state index in [4.69, 9.17) is 4.99 Å². The van der Waals surface area contributed by atoms with E-state index < -0.39 is 0 Å². The van der Waals surface area contributed by atoms with Crippen molar-refractivity contribution in [3.63, 3.8) is 0 Å². The Bertz CT molecular complexity index is 1830. The summed E-state index contributed by atoms with van der Waals surface area (Å²) in [6.45, 7) is 5.12. The molecule has 0 saturated carbocycles. The average Bonchev–Trinajstić information content (AvgIpc) is 3.32. The molecule has 1 aromatic heterocycles. The van der Waals surface area contributed by atoms with E-state index in [-0.39, 0.29) is 0 Å². The zero-order valence-corrected chi connectivity index (χ0v) is 21.7. The molecule has 3 heteroatoms. The van der Waals surface area contributed by atoms with Crippen LogP contribution in [-0.2, 0) is 6.54 Å². The van der Waals surface area contributed by atoms with Crippen molar-refractivity contribution >= 4 is 48.7 Å². The minimum Gasteiger partial charge on any atom is -0.294 e. The molecule has 0 radical (unpaired) electrons. The molecule has 0 aliphatic carbocycles. The molecule has 0 atom stereocenters. The van der Waals surface area contributed by atoms with Gasteiger partial charge in [-0.1, -0.05) is 78.9 Å². The minimum absolute atomic E-state index is 0.684. The van der Waals surface area contributed by atoms with Crippen molar-refractivity contribution in [1.82, 2.24) is 0 Å². The molecule has 0 fully saturated rings. The number of rotatable bonds is 3. The molecule has 0 amide bonds. The smallest absolute Gasteiger partial charge is 0.140 e. The standard InChI is InChI=1S/C34H26N2S/c1-22-19-23(2)30(20-29(22)28-16-10-15-27-26-14-7-9-18-32(26)37-33(27)28)34-35-21-24-11-6-8-17-31(24)36(34)25-12-4-3-5-13-25/h3-20H,21H2,1-2H3. The maximum Gasteiger partial charge on any atom is 0.140 e. The van der Waals surface area contributed by atoms with Crippen LogP contribution in [0.3, 0.4) is 0 Å². The van der Waals surface area contributed by atoms with Crippen LogP contribution < -0.4 is 4.90 Å². The van der Waals surface area contributed by atoms with Gasteiger partial charge in [0.25, 0.3) is 0 Å². The lowest BCUT2D eigenvalue weighted by atomic mass is 9.92. The lowest BCUT2D eigenvalue weighted by Crippen LogP contribution is -2.31. The van der Waals surface area contributed by atoms with E-state index in [2.05, 4.69) is 128 Å². The van der Waals surface area contributed by atoms with Crippen molar-refractivity contribution in [3.05, 3.63) is 131 Å². The summed E-state index contributed by atoms with van der Waals surface area (Å²) in [5, 5.41) is 2.66. The first kappa shape index (κ1) is 22.0. The van der Waals surface area contributed by atoms with E-state index in [1.807, 2.05) is 11.3 Å². The molecule has 1 aliphatic rings. The maximum absolute atomic E-state index is 5.17. The molecule has 6 aromatic rings. The molecule has 178 valence electrons. The van der Waals surface area contributed by atoms with Gasteiger partial charge in [0, 0.05) is 31.4 Å². The molecule has 1 aliphatic heterocycles. The molecule has 0 unspecified atom stereocenters. The zero-order chi connectivity index (χ0) is 24.9. The molecule has 0 bridgehead atoms. The van der Waals surface area contributed by atoms with Crippen LogP contribution in [0.1, 0.15) is 22.3 Å². The number of anilines is 2. The number of hydrogen-bond donors (Lipinski definition) is 0. The van der Waals surface area contributed by atoms with Crippen LogP contribution in [0.4, 0.5) is 11.4 Å². The fourth-order valence-corrected chi connectivity index (χ4v) is 6.82. The number of benzene rings is 5. The van der Waals surface area contributed by atoms with Crippen molar-refractivity contribution < 1.29 is 0 Å². The molecule has 2 heterocycles. The Morgan fingerprint density at radius 2 is 1.38 bits per heavy atom. The van der Waals surface area contributed by atoms with Crippen molar-refractivity contribution in [1.29, 1.82) is 0 Å². The highest BCUT2D eigenvalue weighted by Crippen LogP contribution is 2.42. The van der Waals surface area contributed by atoms with E-state index in [1.165, 1.54) is 59.2 Å². The van der Waals surface area contributed by atoms with E-state index >= 15 is 0 Å². The second-order valence-corrected chi connectivity index (χ2v) is 10.8. The molecular formula is C34H26N2S. The average molecular weight is 495 g/mol. The van der Waals surface area contributed by atoms with Gasteiger partial charge in [-0.3, -0.25) is 9.89 Å². The van der Waals surface area contributed by atoms with Crippen molar-refractivity contribution in [2.75, 3.05) is 4.90 Å². The molecule has 7 rings (SSSR count). The van der Waals surface area contributed by atoms with Gasteiger partial charge in [-0.2, -0.15) is 0 Å². The lowest BCUT2D eigenvalue weighted by molar-refractivity contribution is 1.01. The number of aliphatic imine (C=N–C) groups is 1. The van der Waals surface area contributed by atoms with E-state index in [0.29, 0.717) is 6.54 Å². The molecule has 5 aromatic carbocycles. The third-order valence-corrected chi connectivity index (χ3v) is 8.58. The van der Waals surface area contributed by atoms with Crippen molar-refractivity contribution in [2.45, 2.75) is 20.4 Å².